The van der Waals surface area contributed by atoms with E-state index in [1.165, 1.54) is 7.11 Å². The third kappa shape index (κ3) is 5.67. The molecule has 0 saturated heterocycles. The molecule has 0 heterocycles. The van der Waals surface area contributed by atoms with Gasteiger partial charge < -0.3 is 20.1 Å². The third-order valence-electron chi connectivity index (χ3n) is 2.91. The van der Waals surface area contributed by atoms with E-state index in [-0.39, 0.29) is 24.1 Å². The number of hydrogen-bond donors (Lipinski definition) is 2. The lowest BCUT2D eigenvalue weighted by atomic mass is 10.2. The van der Waals surface area contributed by atoms with Crippen molar-refractivity contribution in [2.24, 2.45) is 0 Å². The molecule has 5 nitrogen and oxygen atoms in total. The molecule has 6 heteroatoms. The number of carbonyl (C=O) groups is 1. The molecule has 0 bridgehead atoms. The number of nitrogens with zero attached hydrogens (tertiary/aromatic N) is 1. The van der Waals surface area contributed by atoms with E-state index in [0.29, 0.717) is 18.7 Å². The number of phenolic OH excluding ortho intramolecular Hbond substituents is 1. The van der Waals surface area contributed by atoms with Gasteiger partial charge in [0, 0.05) is 20.0 Å². The summed E-state index contributed by atoms with van der Waals surface area (Å²) in [7, 11) is 5.16. The van der Waals surface area contributed by atoms with Crippen LogP contribution in [0.1, 0.15) is 18.4 Å². The minimum atomic E-state index is 0. The third-order valence-corrected chi connectivity index (χ3v) is 2.91. The van der Waals surface area contributed by atoms with Gasteiger partial charge in [0.2, 0.25) is 5.91 Å². The number of halogens is 1. The first-order valence-electron chi connectivity index (χ1n) is 6.33. The van der Waals surface area contributed by atoms with E-state index in [2.05, 4.69) is 5.32 Å². The largest absolute Gasteiger partial charge is 0.504 e. The molecule has 0 fully saturated rings. The Bertz CT molecular complexity index is 427. The molecule has 1 rings (SSSR count). The zero-order valence-corrected chi connectivity index (χ0v) is 13.0. The molecular formula is C14H23ClN2O3. The number of carbonyl (C=O) groups excluding carboxylic acids is 1. The van der Waals surface area contributed by atoms with Crippen LogP contribution in [-0.4, -0.2) is 43.7 Å². The molecular weight excluding hydrogens is 280 g/mol. The minimum absolute atomic E-state index is 0. The van der Waals surface area contributed by atoms with Crippen LogP contribution >= 0.6 is 12.4 Å². The number of benzene rings is 1. The zero-order valence-electron chi connectivity index (χ0n) is 12.2. The van der Waals surface area contributed by atoms with E-state index < -0.39 is 0 Å². The molecule has 0 atom stereocenters. The fourth-order valence-electron chi connectivity index (χ4n) is 1.79. The monoisotopic (exact) mass is 302 g/mol. The van der Waals surface area contributed by atoms with Crippen molar-refractivity contribution >= 4 is 18.3 Å². The maximum Gasteiger partial charge on any atom is 0.222 e. The van der Waals surface area contributed by atoms with Gasteiger partial charge in [-0.3, -0.25) is 4.79 Å². The van der Waals surface area contributed by atoms with E-state index in [0.717, 1.165) is 18.5 Å². The summed E-state index contributed by atoms with van der Waals surface area (Å²) < 4.78 is 5.05. The number of rotatable bonds is 7. The molecule has 0 radical (unpaired) electrons. The zero-order chi connectivity index (χ0) is 14.3. The second-order valence-electron chi connectivity index (χ2n) is 4.46. The maximum atomic E-state index is 11.9. The molecule has 0 unspecified atom stereocenters. The molecule has 1 aromatic rings. The lowest BCUT2D eigenvalue weighted by Crippen LogP contribution is -2.26. The Labute approximate surface area is 126 Å². The fourth-order valence-corrected chi connectivity index (χ4v) is 1.79. The average molecular weight is 303 g/mol. The number of nitrogens with one attached hydrogen (secondary N) is 1. The number of hydrogen-bond acceptors (Lipinski definition) is 4. The predicted octanol–water partition coefficient (Wildman–Crippen LogP) is 1.78. The van der Waals surface area contributed by atoms with Gasteiger partial charge in [-0.1, -0.05) is 6.07 Å². The van der Waals surface area contributed by atoms with E-state index in [9.17, 15) is 9.90 Å². The summed E-state index contributed by atoms with van der Waals surface area (Å²) in [5.41, 5.74) is 0.930. The highest BCUT2D eigenvalue weighted by Gasteiger charge is 2.10. The number of aromatic hydroxyl groups is 1. The summed E-state index contributed by atoms with van der Waals surface area (Å²) in [5, 5.41) is 12.5. The highest BCUT2D eigenvalue weighted by Crippen LogP contribution is 2.26. The Morgan fingerprint density at radius 3 is 2.75 bits per heavy atom. The summed E-state index contributed by atoms with van der Waals surface area (Å²) in [6.07, 6.45) is 1.37. The highest BCUT2D eigenvalue weighted by atomic mass is 35.5. The van der Waals surface area contributed by atoms with Crippen LogP contribution in [0.4, 0.5) is 0 Å². The molecule has 2 N–H and O–H groups in total. The Balaban J connectivity index is 0.00000361. The van der Waals surface area contributed by atoms with Crippen molar-refractivity contribution in [3.05, 3.63) is 23.8 Å². The normalized spacial score (nSPS) is 9.75. The molecule has 0 aliphatic heterocycles. The van der Waals surface area contributed by atoms with Gasteiger partial charge in [0.15, 0.2) is 11.5 Å². The van der Waals surface area contributed by atoms with Crippen LogP contribution in [0.5, 0.6) is 11.5 Å². The summed E-state index contributed by atoms with van der Waals surface area (Å²) in [5.74, 6) is 0.644. The summed E-state index contributed by atoms with van der Waals surface area (Å²) in [6, 6.07) is 5.11. The molecule has 20 heavy (non-hydrogen) atoms. The van der Waals surface area contributed by atoms with Crippen LogP contribution in [-0.2, 0) is 11.3 Å². The summed E-state index contributed by atoms with van der Waals surface area (Å²) in [4.78, 5) is 13.5. The number of methoxy groups -OCH3 is 1. The van der Waals surface area contributed by atoms with E-state index in [4.69, 9.17) is 4.74 Å². The maximum absolute atomic E-state index is 11.9. The molecule has 0 aliphatic carbocycles. The van der Waals surface area contributed by atoms with Crippen LogP contribution in [0.15, 0.2) is 18.2 Å². The predicted molar refractivity (Wildman–Crippen MR) is 81.5 cm³/mol. The lowest BCUT2D eigenvalue weighted by Gasteiger charge is -2.18. The van der Waals surface area contributed by atoms with Crippen molar-refractivity contribution in [1.82, 2.24) is 10.2 Å². The van der Waals surface area contributed by atoms with Gasteiger partial charge in [-0.25, -0.2) is 0 Å². The second kappa shape index (κ2) is 9.44. The van der Waals surface area contributed by atoms with Crippen molar-refractivity contribution in [2.45, 2.75) is 19.4 Å². The van der Waals surface area contributed by atoms with Gasteiger partial charge in [0.05, 0.1) is 7.11 Å². The minimum Gasteiger partial charge on any atom is -0.504 e. The number of phenols is 1. The Kier molecular flexibility index (Phi) is 8.76. The van der Waals surface area contributed by atoms with E-state index >= 15 is 0 Å². The van der Waals surface area contributed by atoms with Crippen molar-refractivity contribution in [2.75, 3.05) is 27.7 Å². The van der Waals surface area contributed by atoms with Crippen LogP contribution in [0, 0.1) is 0 Å². The fraction of sp³-hybridized carbons (Fsp3) is 0.500. The topological polar surface area (TPSA) is 61.8 Å². The quantitative estimate of drug-likeness (QED) is 0.754. The van der Waals surface area contributed by atoms with Crippen molar-refractivity contribution in [3.8, 4) is 11.5 Å². The van der Waals surface area contributed by atoms with Gasteiger partial charge >= 0.3 is 0 Å². The van der Waals surface area contributed by atoms with Gasteiger partial charge in [-0.2, -0.15) is 0 Å². The van der Waals surface area contributed by atoms with Gasteiger partial charge in [-0.15, -0.1) is 12.4 Å². The first kappa shape index (κ1) is 18.5. The van der Waals surface area contributed by atoms with Gasteiger partial charge in [0.25, 0.3) is 0 Å². The van der Waals surface area contributed by atoms with Crippen molar-refractivity contribution < 1.29 is 14.6 Å². The van der Waals surface area contributed by atoms with Gasteiger partial charge in [-0.05, 0) is 37.7 Å². The van der Waals surface area contributed by atoms with Crippen molar-refractivity contribution in [1.29, 1.82) is 0 Å². The highest BCUT2D eigenvalue weighted by molar-refractivity contribution is 5.85. The van der Waals surface area contributed by atoms with E-state index in [1.54, 1.807) is 30.1 Å². The molecule has 1 aromatic carbocycles. The van der Waals surface area contributed by atoms with Crippen LogP contribution in [0.3, 0.4) is 0 Å². The van der Waals surface area contributed by atoms with Gasteiger partial charge in [0.1, 0.15) is 0 Å². The average Bonchev–Trinajstić information content (AvgIpc) is 2.41. The summed E-state index contributed by atoms with van der Waals surface area (Å²) >= 11 is 0. The number of amides is 1. The van der Waals surface area contributed by atoms with Crippen molar-refractivity contribution in [3.63, 3.8) is 0 Å². The van der Waals surface area contributed by atoms with Crippen LogP contribution in [0.25, 0.3) is 0 Å². The lowest BCUT2D eigenvalue weighted by molar-refractivity contribution is -0.130. The Morgan fingerprint density at radius 2 is 2.15 bits per heavy atom. The summed E-state index contributed by atoms with van der Waals surface area (Å²) in [6.45, 7) is 1.35. The Morgan fingerprint density at radius 1 is 1.45 bits per heavy atom. The molecule has 0 saturated carbocycles. The molecule has 0 aliphatic rings. The first-order chi connectivity index (χ1) is 9.08. The SMILES string of the molecule is CNCCCC(=O)N(C)Cc1ccc(O)c(OC)c1.Cl. The Hall–Kier alpha value is -1.46. The number of ether oxygens (including phenoxy) is 1. The second-order valence-corrected chi connectivity index (χ2v) is 4.46. The standard InChI is InChI=1S/C14H22N2O3.ClH/c1-15-8-4-5-14(18)16(2)10-11-6-7-12(17)13(9-11)19-3;/h6-7,9,15,17H,4-5,8,10H2,1-3H3;1H. The molecule has 1 amide bonds. The molecule has 0 spiro atoms. The smallest absolute Gasteiger partial charge is 0.222 e. The molecule has 114 valence electrons. The first-order valence-corrected chi connectivity index (χ1v) is 6.33. The molecule has 0 aromatic heterocycles. The van der Waals surface area contributed by atoms with Crippen LogP contribution < -0.4 is 10.1 Å². The van der Waals surface area contributed by atoms with Crippen LogP contribution in [0.2, 0.25) is 0 Å². The van der Waals surface area contributed by atoms with E-state index in [1.807, 2.05) is 7.05 Å².